The molecule has 21 heavy (non-hydrogen) atoms. The minimum absolute atomic E-state index is 0.211. The molecule has 5 heteroatoms. The van der Waals surface area contributed by atoms with Gasteiger partial charge in [0, 0.05) is 24.2 Å². The van der Waals surface area contributed by atoms with Crippen LogP contribution in [-0.4, -0.2) is 4.98 Å². The van der Waals surface area contributed by atoms with Gasteiger partial charge in [-0.1, -0.05) is 18.2 Å². The van der Waals surface area contributed by atoms with Crippen LogP contribution in [0.15, 0.2) is 42.5 Å². The summed E-state index contributed by atoms with van der Waals surface area (Å²) in [6, 6.07) is 11.4. The van der Waals surface area contributed by atoms with Crippen molar-refractivity contribution < 1.29 is 8.78 Å². The van der Waals surface area contributed by atoms with Crippen LogP contribution in [0.2, 0.25) is 0 Å². The van der Waals surface area contributed by atoms with E-state index in [4.69, 9.17) is 0 Å². The molecule has 0 bridgehead atoms. The molecule has 0 fully saturated rings. The fraction of sp³-hybridized carbons (Fsp3) is 0.188. The first-order valence-electron chi connectivity index (χ1n) is 6.66. The van der Waals surface area contributed by atoms with E-state index in [2.05, 4.69) is 10.3 Å². The zero-order valence-electron chi connectivity index (χ0n) is 11.4. The van der Waals surface area contributed by atoms with Gasteiger partial charge in [-0.2, -0.15) is 0 Å². The Morgan fingerprint density at radius 1 is 1.19 bits per heavy atom. The molecule has 1 atom stereocenters. The highest BCUT2D eigenvalue weighted by Crippen LogP contribution is 2.23. The first-order valence-corrected chi connectivity index (χ1v) is 7.48. The van der Waals surface area contributed by atoms with Gasteiger partial charge >= 0.3 is 0 Å². The first-order chi connectivity index (χ1) is 10.1. The van der Waals surface area contributed by atoms with Gasteiger partial charge < -0.3 is 5.32 Å². The van der Waals surface area contributed by atoms with Gasteiger partial charge in [0.25, 0.3) is 0 Å². The Kier molecular flexibility index (Phi) is 3.94. The summed E-state index contributed by atoms with van der Waals surface area (Å²) in [6.45, 7) is 2.40. The highest BCUT2D eigenvalue weighted by molar-refractivity contribution is 7.18. The van der Waals surface area contributed by atoms with Crippen molar-refractivity contribution in [1.29, 1.82) is 0 Å². The molecule has 3 rings (SSSR count). The molecule has 3 aromatic rings. The van der Waals surface area contributed by atoms with Crippen molar-refractivity contribution >= 4 is 21.6 Å². The van der Waals surface area contributed by atoms with Crippen molar-refractivity contribution in [2.45, 2.75) is 19.5 Å². The zero-order valence-corrected chi connectivity index (χ0v) is 12.3. The van der Waals surface area contributed by atoms with Crippen molar-refractivity contribution in [2.75, 3.05) is 0 Å². The fourth-order valence-corrected chi connectivity index (χ4v) is 3.12. The number of hydrogen-bond donors (Lipinski definition) is 1. The zero-order chi connectivity index (χ0) is 14.8. The van der Waals surface area contributed by atoms with Crippen LogP contribution < -0.4 is 5.32 Å². The molecule has 2 nitrogen and oxygen atoms in total. The lowest BCUT2D eigenvalue weighted by atomic mass is 10.1. The molecular formula is C16H14F2N2S. The Bertz CT molecular complexity index is 737. The van der Waals surface area contributed by atoms with Gasteiger partial charge in [0.15, 0.2) is 0 Å². The van der Waals surface area contributed by atoms with Gasteiger partial charge in [0.2, 0.25) is 0 Å². The Hall–Kier alpha value is -1.85. The second-order valence-corrected chi connectivity index (χ2v) is 5.96. The third-order valence-corrected chi connectivity index (χ3v) is 4.36. The molecule has 1 unspecified atom stereocenters. The van der Waals surface area contributed by atoms with Gasteiger partial charge in [0.05, 0.1) is 10.2 Å². The molecule has 2 aromatic carbocycles. The molecule has 0 saturated carbocycles. The predicted octanol–water partition coefficient (Wildman–Crippen LogP) is 4.43. The molecule has 108 valence electrons. The van der Waals surface area contributed by atoms with Crippen LogP contribution in [0.1, 0.15) is 23.5 Å². The van der Waals surface area contributed by atoms with Gasteiger partial charge in [0.1, 0.15) is 16.6 Å². The van der Waals surface area contributed by atoms with Gasteiger partial charge in [-0.15, -0.1) is 11.3 Å². The normalized spacial score (nSPS) is 12.7. The van der Waals surface area contributed by atoms with Crippen LogP contribution in [0.25, 0.3) is 10.2 Å². The van der Waals surface area contributed by atoms with Crippen LogP contribution in [0.5, 0.6) is 0 Å². The van der Waals surface area contributed by atoms with Crippen LogP contribution in [0, 0.1) is 11.6 Å². The highest BCUT2D eigenvalue weighted by atomic mass is 32.1. The molecule has 0 aliphatic carbocycles. The number of hydrogen-bond acceptors (Lipinski definition) is 3. The Morgan fingerprint density at radius 2 is 2.00 bits per heavy atom. The molecule has 0 aliphatic rings. The first kappa shape index (κ1) is 14.1. The van der Waals surface area contributed by atoms with E-state index in [1.807, 2.05) is 31.2 Å². The maximum atomic E-state index is 13.7. The van der Waals surface area contributed by atoms with Crippen LogP contribution >= 0.6 is 11.3 Å². The number of halogens is 2. The largest absolute Gasteiger partial charge is 0.304 e. The molecular weight excluding hydrogens is 290 g/mol. The Labute approximate surface area is 125 Å². The van der Waals surface area contributed by atoms with E-state index in [-0.39, 0.29) is 6.04 Å². The lowest BCUT2D eigenvalue weighted by molar-refractivity contribution is 0.517. The summed E-state index contributed by atoms with van der Waals surface area (Å²) in [7, 11) is 0. The number of benzene rings is 2. The topological polar surface area (TPSA) is 24.9 Å². The Morgan fingerprint density at radius 3 is 2.76 bits per heavy atom. The summed E-state index contributed by atoms with van der Waals surface area (Å²) in [5.41, 5.74) is 1.43. The quantitative estimate of drug-likeness (QED) is 0.771. The summed E-state index contributed by atoms with van der Waals surface area (Å²) in [5.74, 6) is -1.09. The second-order valence-electron chi connectivity index (χ2n) is 4.84. The maximum absolute atomic E-state index is 13.7. The monoisotopic (exact) mass is 304 g/mol. The Balaban J connectivity index is 1.71. The summed E-state index contributed by atoms with van der Waals surface area (Å²) in [6.07, 6.45) is 0. The number of thiazole rings is 1. The van der Waals surface area contributed by atoms with E-state index in [9.17, 15) is 8.78 Å². The molecule has 0 radical (unpaired) electrons. The van der Waals surface area contributed by atoms with Crippen LogP contribution in [-0.2, 0) is 6.54 Å². The third-order valence-electron chi connectivity index (χ3n) is 3.33. The molecule has 1 aromatic heterocycles. The van der Waals surface area contributed by atoms with Crippen molar-refractivity contribution in [3.63, 3.8) is 0 Å². The van der Waals surface area contributed by atoms with Gasteiger partial charge in [-0.05, 0) is 25.1 Å². The molecule has 0 aliphatic heterocycles. The summed E-state index contributed by atoms with van der Waals surface area (Å²) in [4.78, 5) is 4.52. The number of rotatable bonds is 4. The summed E-state index contributed by atoms with van der Waals surface area (Å²) >= 11 is 1.61. The van der Waals surface area contributed by atoms with Crippen molar-refractivity contribution in [3.05, 3.63) is 64.7 Å². The van der Waals surface area contributed by atoms with Crippen molar-refractivity contribution in [1.82, 2.24) is 10.3 Å². The molecule has 1 N–H and O–H groups in total. The average molecular weight is 304 g/mol. The van der Waals surface area contributed by atoms with Crippen molar-refractivity contribution in [2.24, 2.45) is 0 Å². The number of para-hydroxylation sites is 1. The molecule has 0 amide bonds. The van der Waals surface area contributed by atoms with E-state index in [0.717, 1.165) is 21.3 Å². The van der Waals surface area contributed by atoms with Crippen molar-refractivity contribution in [3.8, 4) is 0 Å². The SMILES string of the molecule is CC(NCc1nc2ccccc2s1)c1ccc(F)cc1F. The lowest BCUT2D eigenvalue weighted by Crippen LogP contribution is -2.19. The second kappa shape index (κ2) is 5.87. The van der Waals surface area contributed by atoms with Gasteiger partial charge in [-0.25, -0.2) is 13.8 Å². The van der Waals surface area contributed by atoms with E-state index in [1.165, 1.54) is 12.1 Å². The standard InChI is InChI=1S/C16H14F2N2S/c1-10(12-7-6-11(17)8-13(12)18)19-9-16-20-14-4-2-3-5-15(14)21-16/h2-8,10,19H,9H2,1H3. The van der Waals surface area contributed by atoms with E-state index in [1.54, 1.807) is 11.3 Å². The summed E-state index contributed by atoms with van der Waals surface area (Å²) < 4.78 is 27.7. The smallest absolute Gasteiger partial charge is 0.130 e. The minimum atomic E-state index is -0.561. The van der Waals surface area contributed by atoms with E-state index >= 15 is 0 Å². The number of nitrogens with zero attached hydrogens (tertiary/aromatic N) is 1. The predicted molar refractivity (Wildman–Crippen MR) is 81.2 cm³/mol. The molecule has 0 saturated heterocycles. The van der Waals surface area contributed by atoms with Crippen LogP contribution in [0.4, 0.5) is 8.78 Å². The third kappa shape index (κ3) is 3.09. The maximum Gasteiger partial charge on any atom is 0.130 e. The lowest BCUT2D eigenvalue weighted by Gasteiger charge is -2.14. The number of aromatic nitrogens is 1. The number of fused-ring (bicyclic) bond motifs is 1. The molecule has 1 heterocycles. The summed E-state index contributed by atoms with van der Waals surface area (Å²) in [5, 5.41) is 4.17. The average Bonchev–Trinajstić information content (AvgIpc) is 2.87. The van der Waals surface area contributed by atoms with E-state index in [0.29, 0.717) is 12.1 Å². The van der Waals surface area contributed by atoms with Crippen LogP contribution in [0.3, 0.4) is 0 Å². The number of nitrogens with one attached hydrogen (secondary N) is 1. The molecule has 0 spiro atoms. The van der Waals surface area contributed by atoms with E-state index < -0.39 is 11.6 Å². The van der Waals surface area contributed by atoms with Gasteiger partial charge in [-0.3, -0.25) is 0 Å². The minimum Gasteiger partial charge on any atom is -0.304 e. The fourth-order valence-electron chi connectivity index (χ4n) is 2.20. The highest BCUT2D eigenvalue weighted by Gasteiger charge is 2.12.